The molecule has 0 aliphatic rings. The minimum absolute atomic E-state index is 0.0886. The molecule has 0 unspecified atom stereocenters. The average molecular weight is 446 g/mol. The maximum Gasteiger partial charge on any atom is 0.275 e. The first kappa shape index (κ1) is 15.9. The number of aromatic nitrogens is 2. The smallest absolute Gasteiger partial charge is 0.275 e. The lowest BCUT2D eigenvalue weighted by atomic mass is 10.0. The zero-order chi connectivity index (χ0) is 15.9. The van der Waals surface area contributed by atoms with Crippen molar-refractivity contribution in [1.82, 2.24) is 8.54 Å². The molecular weight excluding hydrogens is 434 g/mol. The highest BCUT2D eigenvalue weighted by Crippen LogP contribution is 2.33. The lowest BCUT2D eigenvalue weighted by molar-refractivity contribution is 0.630. The van der Waals surface area contributed by atoms with Crippen LogP contribution in [0.1, 0.15) is 0 Å². The molecule has 1 aromatic carbocycles. The fraction of sp³-hybridized carbons (Fsp3) is 0.133. The van der Waals surface area contributed by atoms with E-state index in [2.05, 4.69) is 21.2 Å². The molecule has 0 aliphatic heterocycles. The van der Waals surface area contributed by atoms with E-state index in [1.165, 1.54) is 19.8 Å². The Morgan fingerprint density at radius 2 is 2.00 bits per heavy atom. The Hall–Kier alpha value is -0.930. The molecule has 2 heterocycles. The molecular formula is C15H12FIN2OS2. The van der Waals surface area contributed by atoms with Crippen molar-refractivity contribution in [2.24, 2.45) is 7.05 Å². The molecule has 0 saturated carbocycles. The summed E-state index contributed by atoms with van der Waals surface area (Å²) in [5, 5.41) is 0.768. The number of thioether (sulfide) groups is 1. The Kier molecular flexibility index (Phi) is 4.56. The fourth-order valence-electron chi connectivity index (χ4n) is 2.44. The van der Waals surface area contributed by atoms with E-state index in [-0.39, 0.29) is 11.4 Å². The molecule has 0 spiro atoms. The molecule has 0 atom stereocenters. The lowest BCUT2D eigenvalue weighted by Crippen LogP contribution is -2.18. The van der Waals surface area contributed by atoms with Crippen LogP contribution in [-0.2, 0) is 7.05 Å². The van der Waals surface area contributed by atoms with Gasteiger partial charge < -0.3 is 4.57 Å². The zero-order valence-corrected chi connectivity index (χ0v) is 15.6. The van der Waals surface area contributed by atoms with Crippen LogP contribution in [0.15, 0.2) is 46.3 Å². The van der Waals surface area contributed by atoms with Crippen LogP contribution in [0.2, 0.25) is 0 Å². The van der Waals surface area contributed by atoms with E-state index >= 15 is 0 Å². The van der Waals surface area contributed by atoms with Gasteiger partial charge in [-0.05, 0) is 30.5 Å². The molecule has 0 amide bonds. The molecule has 3 nitrogen and oxygen atoms in total. The molecule has 0 N–H and O–H groups in total. The van der Waals surface area contributed by atoms with Crippen LogP contribution in [0.5, 0.6) is 0 Å². The Labute approximate surface area is 147 Å². The number of rotatable bonds is 3. The average Bonchev–Trinajstić information content (AvgIpc) is 2.96. The van der Waals surface area contributed by atoms with Crippen molar-refractivity contribution < 1.29 is 4.39 Å². The number of hydrogen-bond donors (Lipinski definition) is 0. The van der Waals surface area contributed by atoms with E-state index < -0.39 is 0 Å². The second kappa shape index (κ2) is 6.29. The van der Waals surface area contributed by atoms with Gasteiger partial charge in [-0.3, -0.25) is 8.77 Å². The predicted octanol–water partition coefficient (Wildman–Crippen LogP) is 4.71. The van der Waals surface area contributed by atoms with Gasteiger partial charge in [-0.1, -0.05) is 0 Å². The molecule has 0 aliphatic carbocycles. The van der Waals surface area contributed by atoms with Gasteiger partial charge in [0.05, 0.1) is 0 Å². The van der Waals surface area contributed by atoms with E-state index in [4.69, 9.17) is 0 Å². The normalized spacial score (nSPS) is 11.3. The molecule has 7 heteroatoms. The van der Waals surface area contributed by atoms with Crippen LogP contribution in [0.4, 0.5) is 4.39 Å². The van der Waals surface area contributed by atoms with Crippen molar-refractivity contribution in [3.63, 3.8) is 0 Å². The van der Waals surface area contributed by atoms with Crippen molar-refractivity contribution in [2.75, 3.05) is 6.26 Å². The minimum atomic E-state index is -0.285. The Bertz CT molecular complexity index is 920. The van der Waals surface area contributed by atoms with Crippen molar-refractivity contribution in [2.45, 2.75) is 4.90 Å². The van der Waals surface area contributed by atoms with Crippen molar-refractivity contribution in [3.8, 4) is 11.1 Å². The summed E-state index contributed by atoms with van der Waals surface area (Å²) in [5.74, 6) is -0.285. The Morgan fingerprint density at radius 3 is 2.68 bits per heavy atom. The summed E-state index contributed by atoms with van der Waals surface area (Å²) in [4.78, 5) is 13.4. The predicted molar refractivity (Wildman–Crippen MR) is 101 cm³/mol. The van der Waals surface area contributed by atoms with Gasteiger partial charge in [-0.25, -0.2) is 4.39 Å². The van der Waals surface area contributed by atoms with E-state index in [0.717, 1.165) is 15.8 Å². The first-order valence-electron chi connectivity index (χ1n) is 6.40. The summed E-state index contributed by atoms with van der Waals surface area (Å²) in [6.45, 7) is 0. The van der Waals surface area contributed by atoms with Crippen LogP contribution in [0.25, 0.3) is 22.0 Å². The molecule has 0 saturated heterocycles. The Morgan fingerprint density at radius 1 is 1.23 bits per heavy atom. The number of pyridine rings is 1. The molecule has 114 valence electrons. The van der Waals surface area contributed by atoms with E-state index in [1.54, 1.807) is 35.0 Å². The minimum Gasteiger partial charge on any atom is -0.316 e. The maximum atomic E-state index is 14.3. The van der Waals surface area contributed by atoms with Crippen LogP contribution in [0.3, 0.4) is 0 Å². The van der Waals surface area contributed by atoms with Gasteiger partial charge in [0.25, 0.3) is 5.56 Å². The van der Waals surface area contributed by atoms with Crippen LogP contribution >= 0.6 is 42.1 Å². The fourth-order valence-corrected chi connectivity index (χ4v) is 4.22. The third-order valence-electron chi connectivity index (χ3n) is 3.53. The number of fused-ring (bicyclic) bond motifs is 1. The standard InChI is InChI=1S/C15H12FIN2OS2/c1-18-8-12(11-7-9(21-2)3-4-13(11)16)10-5-6-19(22-17)14(10)15(18)20/h3-8H,1-2H3. The number of nitrogens with zero attached hydrogens (tertiary/aromatic N) is 2. The number of hydrogen-bond acceptors (Lipinski definition) is 3. The first-order valence-corrected chi connectivity index (χ1v) is 10.9. The monoisotopic (exact) mass is 446 g/mol. The van der Waals surface area contributed by atoms with Gasteiger partial charge in [0.2, 0.25) is 0 Å². The summed E-state index contributed by atoms with van der Waals surface area (Å²) in [6.07, 6.45) is 5.49. The van der Waals surface area contributed by atoms with E-state index in [1.807, 2.05) is 24.6 Å². The van der Waals surface area contributed by atoms with E-state index in [0.29, 0.717) is 11.1 Å². The summed E-state index contributed by atoms with van der Waals surface area (Å²) in [5.41, 5.74) is 1.74. The Balaban J connectivity index is 2.39. The van der Waals surface area contributed by atoms with E-state index in [9.17, 15) is 9.18 Å². The first-order chi connectivity index (χ1) is 10.6. The molecule has 0 fully saturated rings. The summed E-state index contributed by atoms with van der Waals surface area (Å²) in [6, 6.07) is 6.92. The maximum absolute atomic E-state index is 14.3. The van der Waals surface area contributed by atoms with Crippen LogP contribution < -0.4 is 5.56 Å². The van der Waals surface area contributed by atoms with Gasteiger partial charge in [-0.15, -0.1) is 11.8 Å². The largest absolute Gasteiger partial charge is 0.316 e. The van der Waals surface area contributed by atoms with Gasteiger partial charge in [-0.2, -0.15) is 0 Å². The van der Waals surface area contributed by atoms with Gasteiger partial charge in [0.15, 0.2) is 0 Å². The highest BCUT2D eigenvalue weighted by Gasteiger charge is 2.16. The zero-order valence-electron chi connectivity index (χ0n) is 11.8. The third kappa shape index (κ3) is 2.59. The topological polar surface area (TPSA) is 26.9 Å². The van der Waals surface area contributed by atoms with Crippen molar-refractivity contribution >= 4 is 53.0 Å². The SMILES string of the molecule is CSc1ccc(F)c(-c2cn(C)c(=O)c3c2ccn3SI)c1. The van der Waals surface area contributed by atoms with Crippen LogP contribution in [0, 0.1) is 5.82 Å². The van der Waals surface area contributed by atoms with Crippen molar-refractivity contribution in [3.05, 3.63) is 52.8 Å². The summed E-state index contributed by atoms with van der Waals surface area (Å²) in [7, 11) is 3.11. The molecule has 3 aromatic rings. The van der Waals surface area contributed by atoms with Crippen LogP contribution in [-0.4, -0.2) is 14.8 Å². The lowest BCUT2D eigenvalue weighted by Gasteiger charge is -2.10. The number of benzene rings is 1. The highest BCUT2D eigenvalue weighted by atomic mass is 127. The van der Waals surface area contributed by atoms with Gasteiger partial charge >= 0.3 is 0 Å². The molecule has 3 rings (SSSR count). The molecule has 22 heavy (non-hydrogen) atoms. The second-order valence-corrected chi connectivity index (χ2v) is 7.37. The quantitative estimate of drug-likeness (QED) is 0.431. The summed E-state index contributed by atoms with van der Waals surface area (Å²) < 4.78 is 17.6. The summed E-state index contributed by atoms with van der Waals surface area (Å²) >= 11 is 3.69. The number of aryl methyl sites for hydroxylation is 1. The van der Waals surface area contributed by atoms with Crippen molar-refractivity contribution in [1.29, 1.82) is 0 Å². The highest BCUT2D eigenvalue weighted by molar-refractivity contribution is 14.2. The van der Waals surface area contributed by atoms with Gasteiger partial charge in [0.1, 0.15) is 11.3 Å². The molecule has 0 radical (unpaired) electrons. The molecule has 2 aromatic heterocycles. The second-order valence-electron chi connectivity index (χ2n) is 4.78. The number of halogens is 2. The molecule has 0 bridgehead atoms. The van der Waals surface area contributed by atoms with Gasteiger partial charge in [0, 0.05) is 71.2 Å². The third-order valence-corrected chi connectivity index (χ3v) is 5.98.